The molecule has 12 heterocycles. The fraction of sp³-hybridized carbons (Fsp3) is 0.482. The van der Waals surface area contributed by atoms with Crippen molar-refractivity contribution in [2.45, 2.75) is 263 Å². The SMILES string of the molecule is CC(C)(C)Cc1cn[nH]c1.CC(C)(C)c1c[nH]c2ncccc12.CC(C)(C)c1ccc(N)nc1.CC(C)(C)c1ccnc(N)c1.CC(C)(C)c1ccnc2[nH]ccc12.CC(C)(C)c1ccncn1.CC(C)(C)c1ccnnc1.CC(C)(C)c1cn[nH]c1.CC(C)(C)c1cnc[nH]1.CC(C)(C)c1ncncn1. The minimum absolute atomic E-state index is 0.0307. The minimum Gasteiger partial charge on any atom is -0.384 e. The molecule has 9 N–H and O–H groups in total. The summed E-state index contributed by atoms with van der Waals surface area (Å²) in [7, 11) is 0. The summed E-state index contributed by atoms with van der Waals surface area (Å²) in [5.41, 5.74) is 26.0. The van der Waals surface area contributed by atoms with Gasteiger partial charge in [-0.25, -0.2) is 49.8 Å². The molecule has 0 aliphatic heterocycles. The number of nitrogens with two attached hydrogens (primary N) is 2. The lowest BCUT2D eigenvalue weighted by molar-refractivity contribution is 0.411. The predicted molar refractivity (Wildman–Crippen MR) is 441 cm³/mol. The van der Waals surface area contributed by atoms with Crippen LogP contribution in [-0.2, 0) is 55.2 Å². The van der Waals surface area contributed by atoms with Crippen LogP contribution in [0.5, 0.6) is 0 Å². The fourth-order valence-electron chi connectivity index (χ4n) is 9.36. The molecule has 0 aliphatic carbocycles. The van der Waals surface area contributed by atoms with Crippen LogP contribution in [0, 0.1) is 5.41 Å². The van der Waals surface area contributed by atoms with E-state index in [4.69, 9.17) is 11.5 Å². The van der Waals surface area contributed by atoms with Gasteiger partial charge in [0.25, 0.3) is 0 Å². The first-order valence-electron chi connectivity index (χ1n) is 36.2. The number of hydrogen-bond acceptors (Lipinski definition) is 16. The number of H-pyrrole nitrogens is 5. The molecule has 0 saturated heterocycles. The number of aromatic amines is 5. The quantitative estimate of drug-likeness (QED) is 0.0803. The smallest absolute Gasteiger partial charge is 0.137 e. The van der Waals surface area contributed by atoms with E-state index in [-0.39, 0.29) is 48.7 Å². The van der Waals surface area contributed by atoms with Gasteiger partial charge in [-0.05, 0) is 138 Å². The Morgan fingerprint density at radius 2 is 0.906 bits per heavy atom. The fourth-order valence-corrected chi connectivity index (χ4v) is 9.36. The van der Waals surface area contributed by atoms with Crippen LogP contribution in [0.2, 0.25) is 0 Å². The van der Waals surface area contributed by atoms with Gasteiger partial charge >= 0.3 is 0 Å². The molecule has 0 spiro atoms. The van der Waals surface area contributed by atoms with Gasteiger partial charge in [0.1, 0.15) is 47.7 Å². The summed E-state index contributed by atoms with van der Waals surface area (Å²) in [6.45, 7) is 64.9. The van der Waals surface area contributed by atoms with Crippen molar-refractivity contribution in [3.8, 4) is 0 Å². The first kappa shape index (κ1) is 90.3. The van der Waals surface area contributed by atoms with E-state index in [1.54, 1.807) is 37.4 Å². The first-order valence-corrected chi connectivity index (χ1v) is 36.2. The Hall–Kier alpha value is -9.92. The molecule has 0 bridgehead atoms. The zero-order valence-electron chi connectivity index (χ0n) is 69.8. The number of rotatable bonds is 1. The molecule has 0 saturated carbocycles. The van der Waals surface area contributed by atoms with Crippen molar-refractivity contribution in [3.63, 3.8) is 0 Å². The van der Waals surface area contributed by atoms with Crippen LogP contribution < -0.4 is 11.5 Å². The summed E-state index contributed by atoms with van der Waals surface area (Å²) >= 11 is 0. The number of fused-ring (bicyclic) bond motifs is 2. The number of pyridine rings is 4. The highest BCUT2D eigenvalue weighted by Gasteiger charge is 2.22. The zero-order chi connectivity index (χ0) is 80.2. The van der Waals surface area contributed by atoms with Gasteiger partial charge in [-0.3, -0.25) is 10.2 Å². The van der Waals surface area contributed by atoms with E-state index in [2.05, 4.69) is 327 Å². The van der Waals surface area contributed by atoms with Crippen molar-refractivity contribution in [3.05, 3.63) is 229 Å². The molecule has 0 radical (unpaired) electrons. The molecule has 21 nitrogen and oxygen atoms in total. The van der Waals surface area contributed by atoms with E-state index >= 15 is 0 Å². The lowest BCUT2D eigenvalue weighted by Gasteiger charge is -2.19. The number of nitrogens with one attached hydrogen (secondary N) is 5. The summed E-state index contributed by atoms with van der Waals surface area (Å²) in [6.07, 6.45) is 33.4. The largest absolute Gasteiger partial charge is 0.384 e. The Kier molecular flexibility index (Phi) is 33.6. The van der Waals surface area contributed by atoms with E-state index in [0.29, 0.717) is 17.1 Å². The summed E-state index contributed by atoms with van der Waals surface area (Å²) < 4.78 is 0. The molecule has 0 aliphatic rings. The van der Waals surface area contributed by atoms with E-state index in [9.17, 15) is 0 Å². The van der Waals surface area contributed by atoms with Gasteiger partial charge in [0.05, 0.1) is 24.9 Å². The number of aromatic nitrogens is 19. The minimum atomic E-state index is 0.0307. The van der Waals surface area contributed by atoms with Crippen LogP contribution in [0.15, 0.2) is 173 Å². The van der Waals surface area contributed by atoms with Crippen molar-refractivity contribution in [2.75, 3.05) is 11.5 Å². The van der Waals surface area contributed by atoms with Gasteiger partial charge in [0, 0.05) is 107 Å². The maximum absolute atomic E-state index is 5.54. The number of anilines is 2. The van der Waals surface area contributed by atoms with Crippen LogP contribution in [0.25, 0.3) is 22.1 Å². The highest BCUT2D eigenvalue weighted by Crippen LogP contribution is 2.31. The molecule has 12 aromatic heterocycles. The van der Waals surface area contributed by atoms with Gasteiger partial charge in [-0.2, -0.15) is 20.4 Å². The Labute approximate surface area is 634 Å². The molecule has 0 atom stereocenters. The highest BCUT2D eigenvalue weighted by molar-refractivity contribution is 5.81. The summed E-state index contributed by atoms with van der Waals surface area (Å²) in [5, 5.41) is 23.3. The predicted octanol–water partition coefficient (Wildman–Crippen LogP) is 19.8. The lowest BCUT2D eigenvalue weighted by atomic mass is 9.86. The van der Waals surface area contributed by atoms with Gasteiger partial charge in [-0.15, -0.1) is 0 Å². The molecule has 12 aromatic rings. The van der Waals surface area contributed by atoms with Crippen LogP contribution in [-0.4, -0.2) is 95.4 Å². The van der Waals surface area contributed by atoms with Crippen molar-refractivity contribution in [1.82, 2.24) is 95.4 Å². The second-order valence-corrected chi connectivity index (χ2v) is 36.4. The Morgan fingerprint density at radius 3 is 1.31 bits per heavy atom. The van der Waals surface area contributed by atoms with Gasteiger partial charge in [0.2, 0.25) is 0 Å². The second-order valence-electron chi connectivity index (χ2n) is 36.4. The molecule has 0 fully saturated rings. The molecule has 21 heteroatoms. The Morgan fingerprint density at radius 1 is 0.349 bits per heavy atom. The third kappa shape index (κ3) is 34.3. The van der Waals surface area contributed by atoms with E-state index in [1.165, 1.54) is 68.1 Å². The molecular formula is C85H129N21. The molecule has 12 rings (SSSR count). The Balaban J connectivity index is 0.000000306. The molecule has 0 amide bonds. The van der Waals surface area contributed by atoms with E-state index in [1.807, 2.05) is 98.2 Å². The van der Waals surface area contributed by atoms with Crippen LogP contribution >= 0.6 is 0 Å². The van der Waals surface area contributed by atoms with Crippen LogP contribution in [0.4, 0.5) is 11.6 Å². The highest BCUT2D eigenvalue weighted by atomic mass is 15.1. The summed E-state index contributed by atoms with van der Waals surface area (Å²) in [6, 6.07) is 20.0. The third-order valence-corrected chi connectivity index (χ3v) is 15.8. The molecular weight excluding hydrogens is 1320 g/mol. The molecule has 0 aromatic carbocycles. The normalized spacial score (nSPS) is 11.8. The van der Waals surface area contributed by atoms with Gasteiger partial charge in [0.15, 0.2) is 0 Å². The second kappa shape index (κ2) is 39.4. The molecule has 574 valence electrons. The van der Waals surface area contributed by atoms with Crippen LogP contribution in [0.1, 0.15) is 264 Å². The maximum Gasteiger partial charge on any atom is 0.137 e. The number of nitrogen functional groups attached to an aromatic ring is 2. The average Bonchev–Trinajstić information content (AvgIpc) is 1.67. The number of imidazole rings is 1. The van der Waals surface area contributed by atoms with Crippen molar-refractivity contribution in [2.24, 2.45) is 5.41 Å². The molecule has 0 unspecified atom stereocenters. The van der Waals surface area contributed by atoms with Crippen molar-refractivity contribution in [1.29, 1.82) is 0 Å². The van der Waals surface area contributed by atoms with E-state index in [0.717, 1.165) is 29.2 Å². The standard InChI is InChI=1S/2C11H14N2.2C9H14N2.C8H14N2.2C8H12N2.C7H11N3.2C7H12N2/c1-11(2,3)9-5-7-13-10-8(9)4-6-12-10;1-11(2,3)9-7-13-10-8(9)5-4-6-12-10;1-9(2,3)7-4-5-11-8(10)6-7;1-9(2,3)7-4-5-8(10)11-6-7;1-8(2,3)4-7-5-9-10-6-7;1-8(2,3)7-4-5-9-6-10-7;1-8(2,3)7-4-5-9-10-6-7;1-7(2,3)6-9-4-8-5-10-6;1-7(2,3)6-4-8-5-9-6;1-7(2,3)6-4-8-9-5-6/h2*4-7H,1-3H3,(H,12,13);2*4-6H,1-3H3,(H2,10,11);5-6H,4H2,1-3H3,(H,9,10);2*4-6H,1-3H3;4-5H,1-3H3;2*4-5H,1-3H3,(H,8,9). The number of nitrogens with zero attached hydrogens (tertiary/aromatic N) is 14. The summed E-state index contributed by atoms with van der Waals surface area (Å²) in [5.74, 6) is 2.01. The van der Waals surface area contributed by atoms with Gasteiger partial charge < -0.3 is 26.4 Å². The zero-order valence-corrected chi connectivity index (χ0v) is 69.8. The van der Waals surface area contributed by atoms with Crippen LogP contribution in [0.3, 0.4) is 0 Å². The third-order valence-electron chi connectivity index (χ3n) is 15.8. The monoisotopic (exact) mass is 1440 g/mol. The summed E-state index contributed by atoms with van der Waals surface area (Å²) in [4.78, 5) is 49.6. The lowest BCUT2D eigenvalue weighted by Crippen LogP contribution is -2.15. The first-order chi connectivity index (χ1) is 48.8. The van der Waals surface area contributed by atoms with Crippen molar-refractivity contribution < 1.29 is 0 Å². The van der Waals surface area contributed by atoms with Crippen molar-refractivity contribution >= 4 is 33.7 Å². The Bertz CT molecular complexity index is 4110. The average molecular weight is 1450 g/mol. The van der Waals surface area contributed by atoms with E-state index < -0.39 is 0 Å². The topological polar surface area (TPSA) is 311 Å². The maximum atomic E-state index is 5.54. The van der Waals surface area contributed by atoms with Gasteiger partial charge in [-0.1, -0.05) is 214 Å². The molecule has 106 heavy (non-hydrogen) atoms. The number of hydrogen-bond donors (Lipinski definition) is 7.